The lowest BCUT2D eigenvalue weighted by Crippen LogP contribution is -2.24. The maximum Gasteiger partial charge on any atom is 0.332 e. The van der Waals surface area contributed by atoms with E-state index in [-0.39, 0.29) is 12.4 Å². The van der Waals surface area contributed by atoms with Crippen LogP contribution in [0.1, 0.15) is 52.9 Å². The van der Waals surface area contributed by atoms with Gasteiger partial charge in [-0.25, -0.2) is 4.79 Å². The quantitative estimate of drug-likeness (QED) is 0.467. The van der Waals surface area contributed by atoms with Gasteiger partial charge in [0, 0.05) is 28.1 Å². The van der Waals surface area contributed by atoms with Crippen LogP contribution in [0.4, 0.5) is 0 Å². The molecule has 1 atom stereocenters. The van der Waals surface area contributed by atoms with Crippen LogP contribution in [0.15, 0.2) is 66.5 Å². The fraction of sp³-hybridized carbons (Fsp3) is 0.308. The molecule has 0 aliphatic carbocycles. The number of carbonyl (C=O) groups excluding carboxylic acids is 1. The predicted octanol–water partition coefficient (Wildman–Crippen LogP) is 6.07. The van der Waals surface area contributed by atoms with Crippen molar-refractivity contribution in [3.05, 3.63) is 87.4 Å². The summed E-state index contributed by atoms with van der Waals surface area (Å²) in [6.07, 6.45) is 9.88. The van der Waals surface area contributed by atoms with Gasteiger partial charge in [0.15, 0.2) is 6.10 Å². The highest BCUT2D eigenvalue weighted by atomic mass is 32.1. The van der Waals surface area contributed by atoms with Crippen molar-refractivity contribution in [2.45, 2.75) is 46.8 Å². The number of ether oxygens (including phenoxy) is 1. The Morgan fingerprint density at radius 1 is 1.19 bits per heavy atom. The first kappa shape index (κ1) is 25.3. The van der Waals surface area contributed by atoms with E-state index < -0.39 is 12.1 Å². The standard InChI is InChI=1S/C24H25NO4S.C2H6/c1-17-8-10-19(11-9-17)23(26)22-7-3-4-14-25(22)15-5-6-20-12-13-21(30-20)16-29-18(2)24(27)28;1-2/h4-14,18H,3,15-16H2,1-2H3,(H,27,28);1-2H3/b6-5+;. The third kappa shape index (κ3) is 7.32. The molecule has 1 N–H and O–H groups in total. The molecule has 0 saturated carbocycles. The Bertz CT molecular complexity index is 986. The first-order valence-corrected chi connectivity index (χ1v) is 11.6. The van der Waals surface area contributed by atoms with E-state index in [9.17, 15) is 9.59 Å². The number of hydrogen-bond acceptors (Lipinski definition) is 5. The van der Waals surface area contributed by atoms with Crippen molar-refractivity contribution in [2.24, 2.45) is 0 Å². The number of carboxylic acid groups (broad SMARTS) is 1. The molecule has 170 valence electrons. The van der Waals surface area contributed by atoms with Crippen molar-refractivity contribution in [1.82, 2.24) is 4.90 Å². The molecule has 1 aliphatic heterocycles. The average Bonchev–Trinajstić information content (AvgIpc) is 3.27. The van der Waals surface area contributed by atoms with E-state index in [4.69, 9.17) is 9.84 Å². The molecular weight excluding hydrogens is 422 g/mol. The van der Waals surface area contributed by atoms with E-state index in [0.717, 1.165) is 21.7 Å². The highest BCUT2D eigenvalue weighted by Crippen LogP contribution is 2.21. The van der Waals surface area contributed by atoms with Crippen LogP contribution in [0.25, 0.3) is 6.08 Å². The van der Waals surface area contributed by atoms with Crippen LogP contribution in [0.2, 0.25) is 0 Å². The van der Waals surface area contributed by atoms with Gasteiger partial charge in [0.1, 0.15) is 0 Å². The topological polar surface area (TPSA) is 66.8 Å². The van der Waals surface area contributed by atoms with Crippen LogP contribution in [0, 0.1) is 6.92 Å². The lowest BCUT2D eigenvalue weighted by Gasteiger charge is -2.24. The number of rotatable bonds is 9. The summed E-state index contributed by atoms with van der Waals surface area (Å²) in [5, 5.41) is 8.88. The highest BCUT2D eigenvalue weighted by Gasteiger charge is 2.18. The molecule has 2 aromatic rings. The third-order valence-corrected chi connectivity index (χ3v) is 5.70. The summed E-state index contributed by atoms with van der Waals surface area (Å²) in [7, 11) is 0. The largest absolute Gasteiger partial charge is 0.479 e. The molecule has 1 unspecified atom stereocenters. The van der Waals surface area contributed by atoms with Gasteiger partial charge >= 0.3 is 5.97 Å². The zero-order chi connectivity index (χ0) is 23.5. The Hall–Kier alpha value is -2.96. The lowest BCUT2D eigenvalue weighted by atomic mass is 10.0. The molecule has 1 aliphatic rings. The number of benzene rings is 1. The molecule has 32 heavy (non-hydrogen) atoms. The zero-order valence-corrected chi connectivity index (χ0v) is 19.9. The van der Waals surface area contributed by atoms with Crippen molar-refractivity contribution in [1.29, 1.82) is 0 Å². The SMILES string of the molecule is CC.Cc1ccc(C(=O)C2=CCC=CN2C/C=C/c2ccc(COC(C)C(=O)O)s2)cc1. The summed E-state index contributed by atoms with van der Waals surface area (Å²) in [6, 6.07) is 11.5. The molecule has 0 saturated heterocycles. The first-order valence-electron chi connectivity index (χ1n) is 10.8. The van der Waals surface area contributed by atoms with Crippen LogP contribution < -0.4 is 0 Å². The number of carboxylic acids is 1. The van der Waals surface area contributed by atoms with E-state index in [1.165, 1.54) is 6.92 Å². The van der Waals surface area contributed by atoms with E-state index in [1.807, 2.05) is 92.6 Å². The third-order valence-electron chi connectivity index (χ3n) is 4.68. The summed E-state index contributed by atoms with van der Waals surface area (Å²) in [5.41, 5.74) is 2.51. The molecule has 0 spiro atoms. The van der Waals surface area contributed by atoms with Crippen molar-refractivity contribution < 1.29 is 19.4 Å². The molecule has 1 aromatic carbocycles. The zero-order valence-electron chi connectivity index (χ0n) is 19.1. The first-order chi connectivity index (χ1) is 15.4. The molecular formula is C26H31NO4S. The summed E-state index contributed by atoms with van der Waals surface area (Å²) in [5.74, 6) is -0.943. The molecule has 0 radical (unpaired) electrons. The van der Waals surface area contributed by atoms with Gasteiger partial charge in [0.25, 0.3) is 0 Å². The Labute approximate surface area is 194 Å². The van der Waals surface area contributed by atoms with Crippen molar-refractivity contribution in [3.8, 4) is 0 Å². The van der Waals surface area contributed by atoms with Crippen molar-refractivity contribution in [2.75, 3.05) is 6.54 Å². The Morgan fingerprint density at radius 3 is 2.59 bits per heavy atom. The van der Waals surface area contributed by atoms with Gasteiger partial charge in [-0.3, -0.25) is 4.79 Å². The monoisotopic (exact) mass is 453 g/mol. The number of carbonyl (C=O) groups is 2. The number of aryl methyl sites for hydroxylation is 1. The van der Waals surface area contributed by atoms with Gasteiger partial charge in [-0.15, -0.1) is 11.3 Å². The van der Waals surface area contributed by atoms with Crippen LogP contribution >= 0.6 is 11.3 Å². The molecule has 0 fully saturated rings. The fourth-order valence-electron chi connectivity index (χ4n) is 2.92. The van der Waals surface area contributed by atoms with Gasteiger partial charge in [0.05, 0.1) is 12.3 Å². The Kier molecular flexibility index (Phi) is 10.1. The minimum absolute atomic E-state index is 0.0239. The van der Waals surface area contributed by atoms with Crippen molar-refractivity contribution in [3.63, 3.8) is 0 Å². The van der Waals surface area contributed by atoms with E-state index in [1.54, 1.807) is 11.3 Å². The predicted molar refractivity (Wildman–Crippen MR) is 131 cm³/mol. The van der Waals surface area contributed by atoms with Gasteiger partial charge in [0.2, 0.25) is 5.78 Å². The molecule has 0 bridgehead atoms. The second-order valence-electron chi connectivity index (χ2n) is 7.06. The molecule has 2 heterocycles. The molecule has 6 heteroatoms. The average molecular weight is 454 g/mol. The smallest absolute Gasteiger partial charge is 0.332 e. The fourth-order valence-corrected chi connectivity index (χ4v) is 3.79. The molecule has 0 amide bonds. The second-order valence-corrected chi connectivity index (χ2v) is 8.26. The number of nitrogens with zero attached hydrogens (tertiary/aromatic N) is 1. The van der Waals surface area contributed by atoms with Gasteiger partial charge in [-0.05, 0) is 38.5 Å². The molecule has 3 rings (SSSR count). The van der Waals surface area contributed by atoms with E-state index in [0.29, 0.717) is 17.8 Å². The van der Waals surface area contributed by atoms with Crippen LogP contribution in [-0.2, 0) is 16.1 Å². The molecule has 5 nitrogen and oxygen atoms in total. The number of thiophene rings is 1. The minimum Gasteiger partial charge on any atom is -0.479 e. The molecule has 1 aromatic heterocycles. The maximum absolute atomic E-state index is 12.9. The van der Waals surface area contributed by atoms with Crippen molar-refractivity contribution >= 4 is 29.2 Å². The Balaban J connectivity index is 0.00000176. The van der Waals surface area contributed by atoms with Crippen LogP contribution in [0.5, 0.6) is 0 Å². The minimum atomic E-state index is -0.967. The summed E-state index contributed by atoms with van der Waals surface area (Å²) < 4.78 is 5.32. The van der Waals surface area contributed by atoms with Crippen LogP contribution in [0.3, 0.4) is 0 Å². The summed E-state index contributed by atoms with van der Waals surface area (Å²) in [6.45, 7) is 8.38. The Morgan fingerprint density at radius 2 is 1.91 bits per heavy atom. The maximum atomic E-state index is 12.9. The van der Waals surface area contributed by atoms with E-state index >= 15 is 0 Å². The number of aliphatic carboxylic acids is 1. The second kappa shape index (κ2) is 12.8. The normalized spacial score (nSPS) is 14.0. The number of hydrogen-bond donors (Lipinski definition) is 1. The summed E-state index contributed by atoms with van der Waals surface area (Å²) >= 11 is 1.56. The highest BCUT2D eigenvalue weighted by molar-refractivity contribution is 7.12. The lowest BCUT2D eigenvalue weighted by molar-refractivity contribution is -0.149. The van der Waals surface area contributed by atoms with Crippen LogP contribution in [-0.4, -0.2) is 34.4 Å². The van der Waals surface area contributed by atoms with Gasteiger partial charge in [-0.1, -0.05) is 61.9 Å². The summed E-state index contributed by atoms with van der Waals surface area (Å²) in [4.78, 5) is 27.7. The number of ketones is 1. The van der Waals surface area contributed by atoms with Gasteiger partial charge in [-0.2, -0.15) is 0 Å². The number of allylic oxidation sites excluding steroid dienone is 3. The van der Waals surface area contributed by atoms with E-state index in [2.05, 4.69) is 0 Å². The van der Waals surface area contributed by atoms with Gasteiger partial charge < -0.3 is 14.7 Å². The number of Topliss-reactive ketones (excluding diaryl/α,β-unsaturated/α-hetero) is 1.